The molecule has 0 aromatic rings. The molecule has 16 heavy (non-hydrogen) atoms. The molecule has 0 aromatic heterocycles. The van der Waals surface area contributed by atoms with Crippen LogP contribution in [0.25, 0.3) is 0 Å². The fraction of sp³-hybridized carbons (Fsp3) is 0.923. The Balaban J connectivity index is 2.29. The molecule has 0 aliphatic carbocycles. The zero-order valence-electron chi connectivity index (χ0n) is 10.3. The molecule has 3 N–H and O–H groups in total. The van der Waals surface area contributed by atoms with Crippen molar-refractivity contribution in [3.8, 4) is 0 Å². The molecule has 0 bridgehead atoms. The highest BCUT2D eigenvalue weighted by Crippen LogP contribution is 2.17. The Morgan fingerprint density at radius 3 is 1.94 bits per heavy atom. The lowest BCUT2D eigenvalue weighted by Crippen LogP contribution is -2.23. The quantitative estimate of drug-likeness (QED) is 0.720. The molecule has 1 atom stereocenters. The van der Waals surface area contributed by atoms with E-state index in [1.54, 1.807) is 0 Å². The zero-order valence-corrected chi connectivity index (χ0v) is 10.3. The Morgan fingerprint density at radius 2 is 1.38 bits per heavy atom. The number of hydrogen-bond donors (Lipinski definition) is 2. The maximum absolute atomic E-state index is 11.2. The Labute approximate surface area is 99.2 Å². The summed E-state index contributed by atoms with van der Waals surface area (Å²) in [5.41, 5.74) is 5.43. The number of primary amides is 1. The van der Waals surface area contributed by atoms with Gasteiger partial charge in [-0.05, 0) is 38.8 Å². The van der Waals surface area contributed by atoms with Gasteiger partial charge in [0.15, 0.2) is 0 Å². The summed E-state index contributed by atoms with van der Waals surface area (Å²) in [5, 5.41) is 3.47. The minimum absolute atomic E-state index is 0.0898. The van der Waals surface area contributed by atoms with E-state index in [1.165, 1.54) is 32.1 Å². The summed E-state index contributed by atoms with van der Waals surface area (Å²) < 4.78 is 0. The molecule has 1 fully saturated rings. The Hall–Kier alpha value is -0.570. The Bertz CT molecular complexity index is 180. The van der Waals surface area contributed by atoms with Crippen molar-refractivity contribution in [3.05, 3.63) is 0 Å². The number of hydrogen-bond acceptors (Lipinski definition) is 2. The van der Waals surface area contributed by atoms with E-state index >= 15 is 0 Å². The minimum Gasteiger partial charge on any atom is -0.369 e. The second-order valence-corrected chi connectivity index (χ2v) is 4.90. The third kappa shape index (κ3) is 6.11. The third-order valence-corrected chi connectivity index (χ3v) is 3.46. The van der Waals surface area contributed by atoms with Crippen LogP contribution in [0.5, 0.6) is 0 Å². The normalized spacial score (nSPS) is 26.1. The van der Waals surface area contributed by atoms with Crippen LogP contribution in [0.15, 0.2) is 0 Å². The summed E-state index contributed by atoms with van der Waals surface area (Å²) in [4.78, 5) is 11.2. The molecule has 0 radical (unpaired) electrons. The molecule has 1 unspecified atom stereocenters. The molecule has 1 saturated heterocycles. The first kappa shape index (κ1) is 13.5. The van der Waals surface area contributed by atoms with Crippen LogP contribution < -0.4 is 11.1 Å². The van der Waals surface area contributed by atoms with Gasteiger partial charge < -0.3 is 11.1 Å². The zero-order chi connectivity index (χ0) is 11.6. The largest absolute Gasteiger partial charge is 0.369 e. The SMILES string of the molecule is NC(=O)C1CCCCCCNCCCCC1. The third-order valence-electron chi connectivity index (χ3n) is 3.46. The van der Waals surface area contributed by atoms with E-state index in [4.69, 9.17) is 5.73 Å². The van der Waals surface area contributed by atoms with Gasteiger partial charge in [0, 0.05) is 5.92 Å². The van der Waals surface area contributed by atoms with Gasteiger partial charge in [-0.15, -0.1) is 0 Å². The van der Waals surface area contributed by atoms with Crippen LogP contribution in [0, 0.1) is 5.92 Å². The van der Waals surface area contributed by atoms with E-state index in [2.05, 4.69) is 5.32 Å². The van der Waals surface area contributed by atoms with Gasteiger partial charge >= 0.3 is 0 Å². The van der Waals surface area contributed by atoms with Crippen molar-refractivity contribution in [1.29, 1.82) is 0 Å². The number of nitrogens with one attached hydrogen (secondary N) is 1. The van der Waals surface area contributed by atoms with Crippen molar-refractivity contribution < 1.29 is 4.79 Å². The van der Waals surface area contributed by atoms with Crippen molar-refractivity contribution in [2.24, 2.45) is 11.7 Å². The first-order valence-electron chi connectivity index (χ1n) is 6.81. The van der Waals surface area contributed by atoms with Gasteiger partial charge in [0.05, 0.1) is 0 Å². The molecule has 0 saturated carbocycles. The summed E-state index contributed by atoms with van der Waals surface area (Å²) in [6.07, 6.45) is 10.5. The lowest BCUT2D eigenvalue weighted by atomic mass is 9.94. The van der Waals surface area contributed by atoms with E-state index < -0.39 is 0 Å². The molecular weight excluding hydrogens is 200 g/mol. The molecule has 0 spiro atoms. The van der Waals surface area contributed by atoms with E-state index in [1.807, 2.05) is 0 Å². The minimum atomic E-state index is -0.0898. The highest BCUT2D eigenvalue weighted by molar-refractivity contribution is 5.76. The van der Waals surface area contributed by atoms with Gasteiger partial charge in [0.1, 0.15) is 0 Å². The summed E-state index contributed by atoms with van der Waals surface area (Å²) in [7, 11) is 0. The van der Waals surface area contributed by atoms with Gasteiger partial charge in [-0.25, -0.2) is 0 Å². The average Bonchev–Trinajstić information content (AvgIpc) is 2.28. The standard InChI is InChI=1S/C13H26N2O/c14-13(16)12-8-4-1-2-6-10-15-11-7-3-5-9-12/h12,15H,1-11H2,(H2,14,16). The predicted molar refractivity (Wildman–Crippen MR) is 67.1 cm³/mol. The van der Waals surface area contributed by atoms with Crippen LogP contribution in [-0.4, -0.2) is 19.0 Å². The van der Waals surface area contributed by atoms with Crippen molar-refractivity contribution in [3.63, 3.8) is 0 Å². The molecule has 0 aromatic carbocycles. The highest BCUT2D eigenvalue weighted by Gasteiger charge is 2.14. The number of carbonyl (C=O) groups excluding carboxylic acids is 1. The van der Waals surface area contributed by atoms with Crippen molar-refractivity contribution in [2.75, 3.05) is 13.1 Å². The monoisotopic (exact) mass is 226 g/mol. The second-order valence-electron chi connectivity index (χ2n) is 4.90. The second kappa shape index (κ2) is 8.57. The predicted octanol–water partition coefficient (Wildman–Crippen LogP) is 2.20. The maximum atomic E-state index is 11.2. The van der Waals surface area contributed by atoms with Crippen molar-refractivity contribution in [2.45, 2.75) is 57.8 Å². The van der Waals surface area contributed by atoms with Crippen LogP contribution in [-0.2, 0) is 4.79 Å². The summed E-state index contributed by atoms with van der Waals surface area (Å²) >= 11 is 0. The molecule has 1 amide bonds. The van der Waals surface area contributed by atoms with Crippen LogP contribution in [0.1, 0.15) is 57.8 Å². The van der Waals surface area contributed by atoms with Crippen molar-refractivity contribution in [1.82, 2.24) is 5.32 Å². The Kier molecular flexibility index (Phi) is 7.23. The first-order chi connectivity index (χ1) is 7.80. The van der Waals surface area contributed by atoms with E-state index in [0.29, 0.717) is 0 Å². The molecule has 1 aliphatic heterocycles. The molecular formula is C13H26N2O. The number of rotatable bonds is 1. The van der Waals surface area contributed by atoms with E-state index in [0.717, 1.165) is 38.8 Å². The molecule has 3 nitrogen and oxygen atoms in total. The molecule has 94 valence electrons. The van der Waals surface area contributed by atoms with E-state index in [-0.39, 0.29) is 11.8 Å². The number of nitrogens with two attached hydrogens (primary N) is 1. The number of carbonyl (C=O) groups is 1. The van der Waals surface area contributed by atoms with Gasteiger partial charge in [0.2, 0.25) is 5.91 Å². The summed E-state index contributed by atoms with van der Waals surface area (Å²) in [6, 6.07) is 0. The Morgan fingerprint density at radius 1 is 0.875 bits per heavy atom. The average molecular weight is 226 g/mol. The molecule has 1 aliphatic rings. The molecule has 1 heterocycles. The van der Waals surface area contributed by atoms with Gasteiger partial charge in [-0.2, -0.15) is 0 Å². The van der Waals surface area contributed by atoms with Gasteiger partial charge in [-0.1, -0.05) is 32.1 Å². The lowest BCUT2D eigenvalue weighted by Gasteiger charge is -2.12. The van der Waals surface area contributed by atoms with Crippen LogP contribution >= 0.6 is 0 Å². The molecule has 1 rings (SSSR count). The van der Waals surface area contributed by atoms with Crippen LogP contribution in [0.3, 0.4) is 0 Å². The summed E-state index contributed by atoms with van der Waals surface area (Å²) in [6.45, 7) is 2.28. The fourth-order valence-electron chi connectivity index (χ4n) is 2.37. The van der Waals surface area contributed by atoms with Gasteiger partial charge in [0.25, 0.3) is 0 Å². The van der Waals surface area contributed by atoms with Crippen LogP contribution in [0.4, 0.5) is 0 Å². The maximum Gasteiger partial charge on any atom is 0.220 e. The molecule has 3 heteroatoms. The van der Waals surface area contributed by atoms with Crippen LogP contribution in [0.2, 0.25) is 0 Å². The van der Waals surface area contributed by atoms with Gasteiger partial charge in [-0.3, -0.25) is 4.79 Å². The van der Waals surface area contributed by atoms with Crippen molar-refractivity contribution >= 4 is 5.91 Å². The van der Waals surface area contributed by atoms with E-state index in [9.17, 15) is 4.79 Å². The highest BCUT2D eigenvalue weighted by atomic mass is 16.1. The fourth-order valence-corrected chi connectivity index (χ4v) is 2.37. The first-order valence-corrected chi connectivity index (χ1v) is 6.81. The smallest absolute Gasteiger partial charge is 0.220 e. The topological polar surface area (TPSA) is 55.1 Å². The number of amides is 1. The lowest BCUT2D eigenvalue weighted by molar-refractivity contribution is -0.122. The summed E-state index contributed by atoms with van der Waals surface area (Å²) in [5.74, 6) is 0.0432.